The first-order valence-corrected chi connectivity index (χ1v) is 10.2. The van der Waals surface area contributed by atoms with E-state index in [2.05, 4.69) is 5.32 Å². The van der Waals surface area contributed by atoms with E-state index in [-0.39, 0.29) is 23.1 Å². The van der Waals surface area contributed by atoms with Crippen molar-refractivity contribution in [2.45, 2.75) is 40.5 Å². The molecule has 0 atom stereocenters. The molecule has 2 aromatic carbocycles. The maximum atomic E-state index is 12.6. The van der Waals surface area contributed by atoms with E-state index in [9.17, 15) is 9.59 Å². The highest BCUT2D eigenvalue weighted by Gasteiger charge is 2.32. The maximum absolute atomic E-state index is 12.6. The third-order valence-electron chi connectivity index (χ3n) is 5.17. The molecule has 154 valence electrons. The van der Waals surface area contributed by atoms with Crippen molar-refractivity contribution in [3.63, 3.8) is 0 Å². The number of benzene rings is 2. The van der Waals surface area contributed by atoms with Crippen LogP contribution in [-0.2, 0) is 9.59 Å². The lowest BCUT2D eigenvalue weighted by Gasteiger charge is -2.35. The molecule has 1 N–H and O–H groups in total. The second-order valence-corrected chi connectivity index (χ2v) is 8.75. The van der Waals surface area contributed by atoms with Crippen molar-refractivity contribution in [2.24, 2.45) is 11.3 Å². The molecule has 0 spiro atoms. The Morgan fingerprint density at radius 3 is 1.97 bits per heavy atom. The number of hydrogen-bond acceptors (Lipinski definition) is 3. The Morgan fingerprint density at radius 1 is 0.931 bits per heavy atom. The third-order valence-corrected chi connectivity index (χ3v) is 5.17. The molecule has 1 aliphatic rings. The van der Waals surface area contributed by atoms with Crippen molar-refractivity contribution in [3.05, 3.63) is 54.1 Å². The Balaban J connectivity index is 1.51. The fraction of sp³-hybridized carbons (Fsp3) is 0.417. The van der Waals surface area contributed by atoms with Crippen LogP contribution in [0.4, 0.5) is 5.69 Å². The first-order chi connectivity index (χ1) is 13.7. The van der Waals surface area contributed by atoms with Gasteiger partial charge >= 0.3 is 0 Å². The first-order valence-electron chi connectivity index (χ1n) is 10.2. The number of carbonyl (C=O) groups excluding carboxylic acids is 2. The second kappa shape index (κ2) is 8.68. The molecule has 1 aliphatic heterocycles. The number of ether oxygens (including phenoxy) is 1. The highest BCUT2D eigenvalue weighted by molar-refractivity contribution is 5.93. The molecule has 29 heavy (non-hydrogen) atoms. The van der Waals surface area contributed by atoms with E-state index in [0.29, 0.717) is 25.9 Å². The van der Waals surface area contributed by atoms with E-state index in [1.807, 2.05) is 81.1 Å². The normalized spacial score (nSPS) is 15.1. The fourth-order valence-electron chi connectivity index (χ4n) is 3.41. The molecule has 0 aromatic heterocycles. The second-order valence-electron chi connectivity index (χ2n) is 8.75. The van der Waals surface area contributed by atoms with Crippen LogP contribution in [0.5, 0.6) is 11.5 Å². The number of amides is 2. The number of rotatable bonds is 4. The maximum Gasteiger partial charge on any atom is 0.227 e. The third kappa shape index (κ3) is 5.59. The molecule has 0 unspecified atom stereocenters. The number of anilines is 1. The minimum absolute atomic E-state index is 0.0139. The summed E-state index contributed by atoms with van der Waals surface area (Å²) < 4.78 is 5.82. The summed E-state index contributed by atoms with van der Waals surface area (Å²) in [6, 6.07) is 15.3. The van der Waals surface area contributed by atoms with E-state index in [1.165, 1.54) is 5.56 Å². The van der Waals surface area contributed by atoms with Gasteiger partial charge in [-0.25, -0.2) is 0 Å². The number of carbonyl (C=O) groups is 2. The predicted molar refractivity (Wildman–Crippen MR) is 115 cm³/mol. The van der Waals surface area contributed by atoms with E-state index in [4.69, 9.17) is 4.74 Å². The number of piperidine rings is 1. The SMILES string of the molecule is Cc1ccc(Oc2ccc(NC(=O)C3CCN(C(=O)C(C)(C)C)CC3)cc2)cc1. The summed E-state index contributed by atoms with van der Waals surface area (Å²) in [5.74, 6) is 1.60. The van der Waals surface area contributed by atoms with Gasteiger partial charge in [-0.3, -0.25) is 9.59 Å². The van der Waals surface area contributed by atoms with Crippen LogP contribution in [0.3, 0.4) is 0 Å². The summed E-state index contributed by atoms with van der Waals surface area (Å²) in [6.45, 7) is 9.10. The van der Waals surface area contributed by atoms with Crippen LogP contribution in [0.2, 0.25) is 0 Å². The largest absolute Gasteiger partial charge is 0.457 e. The van der Waals surface area contributed by atoms with Crippen molar-refractivity contribution in [1.82, 2.24) is 4.90 Å². The number of aryl methyl sites for hydroxylation is 1. The Morgan fingerprint density at radius 2 is 1.45 bits per heavy atom. The van der Waals surface area contributed by atoms with Gasteiger partial charge in [0.25, 0.3) is 0 Å². The van der Waals surface area contributed by atoms with Crippen molar-refractivity contribution >= 4 is 17.5 Å². The van der Waals surface area contributed by atoms with Gasteiger partial charge < -0.3 is 15.0 Å². The van der Waals surface area contributed by atoms with Gasteiger partial charge in [-0.05, 0) is 56.2 Å². The lowest BCUT2D eigenvalue weighted by Crippen LogP contribution is -2.45. The van der Waals surface area contributed by atoms with Gasteiger partial charge in [0.2, 0.25) is 11.8 Å². The van der Waals surface area contributed by atoms with Gasteiger partial charge in [-0.15, -0.1) is 0 Å². The molecule has 0 radical (unpaired) electrons. The predicted octanol–water partition coefficient (Wildman–Crippen LogP) is 5.01. The standard InChI is InChI=1S/C24H30N2O3/c1-17-5-9-20(10-6-17)29-21-11-7-19(8-12-21)25-22(27)18-13-15-26(16-14-18)23(28)24(2,3)4/h5-12,18H,13-16H2,1-4H3,(H,25,27). The minimum Gasteiger partial charge on any atom is -0.457 e. The number of nitrogens with one attached hydrogen (secondary N) is 1. The molecule has 1 heterocycles. The minimum atomic E-state index is -0.377. The molecule has 2 amide bonds. The molecule has 0 bridgehead atoms. The number of hydrogen-bond donors (Lipinski definition) is 1. The van der Waals surface area contributed by atoms with Gasteiger partial charge in [0.1, 0.15) is 11.5 Å². The first kappa shape index (κ1) is 20.9. The summed E-state index contributed by atoms with van der Waals surface area (Å²) in [4.78, 5) is 26.9. The van der Waals surface area contributed by atoms with Gasteiger partial charge in [0.15, 0.2) is 0 Å². The average Bonchev–Trinajstić information content (AvgIpc) is 2.70. The quantitative estimate of drug-likeness (QED) is 0.793. The summed E-state index contributed by atoms with van der Waals surface area (Å²) in [5, 5.41) is 2.99. The van der Waals surface area contributed by atoms with Crippen LogP contribution in [0.1, 0.15) is 39.2 Å². The summed E-state index contributed by atoms with van der Waals surface area (Å²) >= 11 is 0. The Hall–Kier alpha value is -2.82. The van der Waals surface area contributed by atoms with Crippen LogP contribution in [-0.4, -0.2) is 29.8 Å². The van der Waals surface area contributed by atoms with Crippen LogP contribution >= 0.6 is 0 Å². The Labute approximate surface area is 173 Å². The van der Waals surface area contributed by atoms with Crippen molar-refractivity contribution in [2.75, 3.05) is 18.4 Å². The topological polar surface area (TPSA) is 58.6 Å². The van der Waals surface area contributed by atoms with Gasteiger partial charge in [0.05, 0.1) is 0 Å². The lowest BCUT2D eigenvalue weighted by atomic mass is 9.90. The van der Waals surface area contributed by atoms with Crippen LogP contribution < -0.4 is 10.1 Å². The highest BCUT2D eigenvalue weighted by Crippen LogP contribution is 2.26. The molecule has 3 rings (SSSR count). The van der Waals surface area contributed by atoms with E-state index >= 15 is 0 Å². The lowest BCUT2D eigenvalue weighted by molar-refractivity contribution is -0.142. The molecular formula is C24H30N2O3. The molecule has 5 nitrogen and oxygen atoms in total. The number of likely N-dealkylation sites (tertiary alicyclic amines) is 1. The molecule has 2 aromatic rings. The summed E-state index contributed by atoms with van der Waals surface area (Å²) in [6.07, 6.45) is 1.39. The molecular weight excluding hydrogens is 364 g/mol. The van der Waals surface area contributed by atoms with Gasteiger partial charge in [0, 0.05) is 30.1 Å². The Kier molecular flexibility index (Phi) is 6.26. The number of nitrogens with zero attached hydrogens (tertiary/aromatic N) is 1. The molecule has 1 fully saturated rings. The molecule has 5 heteroatoms. The summed E-state index contributed by atoms with van der Waals surface area (Å²) in [7, 11) is 0. The zero-order valence-electron chi connectivity index (χ0n) is 17.7. The van der Waals surface area contributed by atoms with Crippen molar-refractivity contribution in [3.8, 4) is 11.5 Å². The molecule has 1 saturated heterocycles. The monoisotopic (exact) mass is 394 g/mol. The van der Waals surface area contributed by atoms with Crippen molar-refractivity contribution < 1.29 is 14.3 Å². The molecule has 0 saturated carbocycles. The van der Waals surface area contributed by atoms with Crippen LogP contribution in [0, 0.1) is 18.3 Å². The zero-order chi connectivity index (χ0) is 21.0. The van der Waals surface area contributed by atoms with Crippen LogP contribution in [0.25, 0.3) is 0 Å². The highest BCUT2D eigenvalue weighted by atomic mass is 16.5. The summed E-state index contributed by atoms with van der Waals surface area (Å²) in [5.41, 5.74) is 1.56. The smallest absolute Gasteiger partial charge is 0.227 e. The van der Waals surface area contributed by atoms with E-state index in [1.54, 1.807) is 0 Å². The van der Waals surface area contributed by atoms with Gasteiger partial charge in [-0.2, -0.15) is 0 Å². The Bertz CT molecular complexity index is 843. The van der Waals surface area contributed by atoms with Gasteiger partial charge in [-0.1, -0.05) is 38.5 Å². The zero-order valence-corrected chi connectivity index (χ0v) is 17.7. The van der Waals surface area contributed by atoms with E-state index < -0.39 is 0 Å². The fourth-order valence-corrected chi connectivity index (χ4v) is 3.41. The van der Waals surface area contributed by atoms with E-state index in [0.717, 1.165) is 17.2 Å². The average molecular weight is 395 g/mol. The van der Waals surface area contributed by atoms with Crippen LogP contribution in [0.15, 0.2) is 48.5 Å². The molecule has 0 aliphatic carbocycles. The van der Waals surface area contributed by atoms with Crippen molar-refractivity contribution in [1.29, 1.82) is 0 Å².